The molecular weight excluding hydrogens is 438 g/mol. The van der Waals surface area contributed by atoms with Crippen molar-refractivity contribution >= 4 is 11.8 Å². The van der Waals surface area contributed by atoms with Gasteiger partial charge >= 0.3 is 0 Å². The van der Waals surface area contributed by atoms with Crippen LogP contribution in [0.3, 0.4) is 0 Å². The quantitative estimate of drug-likeness (QED) is 0.622. The Morgan fingerprint density at radius 2 is 1.71 bits per heavy atom. The van der Waals surface area contributed by atoms with Crippen LogP contribution in [-0.4, -0.2) is 50.1 Å². The first kappa shape index (κ1) is 22.0. The second-order valence-corrected chi connectivity index (χ2v) is 10.2. The molecule has 1 saturated carbocycles. The number of fused-ring (bicyclic) bond motifs is 2. The van der Waals surface area contributed by atoms with Gasteiger partial charge in [0.15, 0.2) is 0 Å². The van der Waals surface area contributed by atoms with E-state index in [1.54, 1.807) is 0 Å². The number of aromatic nitrogens is 3. The number of nitrogens with one attached hydrogen (secondary N) is 1. The van der Waals surface area contributed by atoms with Crippen LogP contribution in [0, 0.1) is 0 Å². The van der Waals surface area contributed by atoms with E-state index in [1.165, 1.54) is 5.56 Å². The lowest BCUT2D eigenvalue weighted by Gasteiger charge is -2.37. The third-order valence-electron chi connectivity index (χ3n) is 8.30. The van der Waals surface area contributed by atoms with Crippen molar-refractivity contribution in [1.29, 1.82) is 0 Å². The Balaban J connectivity index is 1.35. The molecule has 2 aliphatic heterocycles. The number of benzene rings is 2. The average molecular weight is 470 g/mol. The average Bonchev–Trinajstić information content (AvgIpc) is 3.40. The van der Waals surface area contributed by atoms with E-state index in [9.17, 15) is 9.59 Å². The minimum atomic E-state index is -0.171. The number of rotatable bonds is 5. The standard InChI is InChI=1S/C28H31N5O2/c34-25(18-20-8-3-1-4-9-20)32-17-16-28(21-10-5-2-6-11-21)15-14-24-30-31-26(33(24)19-23(28)32)27(35)29-22-12-7-13-22/h1-6,8-11,22-23H,7,12-19H2,(H,29,35)/t23-,28+/m1/s1. The Morgan fingerprint density at radius 3 is 2.43 bits per heavy atom. The molecule has 0 radical (unpaired) electrons. The highest BCUT2D eigenvalue weighted by atomic mass is 16.2. The Bertz CT molecular complexity index is 1220. The summed E-state index contributed by atoms with van der Waals surface area (Å²) in [4.78, 5) is 28.8. The molecule has 7 heteroatoms. The molecule has 2 amide bonds. The Kier molecular flexibility index (Phi) is 5.63. The monoisotopic (exact) mass is 469 g/mol. The van der Waals surface area contributed by atoms with Crippen LogP contribution in [0.5, 0.6) is 0 Å². The summed E-state index contributed by atoms with van der Waals surface area (Å²) in [7, 11) is 0. The molecular formula is C28H31N5O2. The first-order chi connectivity index (χ1) is 17.1. The minimum absolute atomic E-state index is 0.0615. The zero-order valence-electron chi connectivity index (χ0n) is 19.9. The minimum Gasteiger partial charge on any atom is -0.347 e. The number of nitrogens with zero attached hydrogens (tertiary/aromatic N) is 4. The maximum Gasteiger partial charge on any atom is 0.289 e. The number of hydrogen-bond acceptors (Lipinski definition) is 4. The summed E-state index contributed by atoms with van der Waals surface area (Å²) >= 11 is 0. The van der Waals surface area contributed by atoms with E-state index in [0.29, 0.717) is 25.3 Å². The van der Waals surface area contributed by atoms with Crippen LogP contribution in [0.4, 0.5) is 0 Å². The summed E-state index contributed by atoms with van der Waals surface area (Å²) in [5.74, 6) is 1.19. The van der Waals surface area contributed by atoms with Crippen molar-refractivity contribution in [2.75, 3.05) is 6.54 Å². The van der Waals surface area contributed by atoms with Gasteiger partial charge in [0.1, 0.15) is 5.82 Å². The maximum absolute atomic E-state index is 13.6. The summed E-state index contributed by atoms with van der Waals surface area (Å²) in [6.07, 6.45) is 6.09. The molecule has 1 N–H and O–H groups in total. The number of likely N-dealkylation sites (tertiary alicyclic amines) is 1. The molecule has 1 aromatic heterocycles. The largest absolute Gasteiger partial charge is 0.347 e. The van der Waals surface area contributed by atoms with Crippen molar-refractivity contribution in [2.24, 2.45) is 0 Å². The second-order valence-electron chi connectivity index (χ2n) is 10.2. The van der Waals surface area contributed by atoms with Crippen LogP contribution >= 0.6 is 0 Å². The molecule has 2 aromatic carbocycles. The fraction of sp³-hybridized carbons (Fsp3) is 0.429. The molecule has 2 atom stereocenters. The van der Waals surface area contributed by atoms with Crippen molar-refractivity contribution in [1.82, 2.24) is 25.0 Å². The maximum atomic E-state index is 13.6. The molecule has 3 aliphatic rings. The van der Waals surface area contributed by atoms with Crippen LogP contribution in [0.2, 0.25) is 0 Å². The highest BCUT2D eigenvalue weighted by Gasteiger charge is 2.51. The SMILES string of the molecule is O=C(NC1CCC1)c1nnc2n1C[C@H]1N(C(=O)Cc3ccccc3)CC[C@]1(c1ccccc1)CC2. The molecule has 1 saturated heterocycles. The van der Waals surface area contributed by atoms with Gasteiger partial charge in [0.25, 0.3) is 5.91 Å². The van der Waals surface area contributed by atoms with Gasteiger partial charge in [-0.2, -0.15) is 0 Å². The molecule has 3 aromatic rings. The molecule has 1 aliphatic carbocycles. The van der Waals surface area contributed by atoms with Crippen molar-refractivity contribution in [2.45, 2.75) is 69.0 Å². The van der Waals surface area contributed by atoms with Gasteiger partial charge in [-0.05, 0) is 43.2 Å². The van der Waals surface area contributed by atoms with Crippen LogP contribution in [0.15, 0.2) is 60.7 Å². The van der Waals surface area contributed by atoms with Crippen LogP contribution in [0.1, 0.15) is 59.7 Å². The number of amides is 2. The second kappa shape index (κ2) is 8.95. The predicted octanol–water partition coefficient (Wildman–Crippen LogP) is 3.29. The molecule has 0 unspecified atom stereocenters. The van der Waals surface area contributed by atoms with E-state index in [4.69, 9.17) is 0 Å². The zero-order valence-corrected chi connectivity index (χ0v) is 19.9. The van der Waals surface area contributed by atoms with Gasteiger partial charge in [-0.3, -0.25) is 9.59 Å². The van der Waals surface area contributed by atoms with Crippen molar-refractivity contribution in [3.8, 4) is 0 Å². The van der Waals surface area contributed by atoms with Gasteiger partial charge in [-0.1, -0.05) is 60.7 Å². The van der Waals surface area contributed by atoms with Gasteiger partial charge in [-0.25, -0.2) is 0 Å². The number of aryl methyl sites for hydroxylation is 1. The highest BCUT2D eigenvalue weighted by Crippen LogP contribution is 2.46. The van der Waals surface area contributed by atoms with E-state index in [2.05, 4.69) is 44.7 Å². The van der Waals surface area contributed by atoms with Crippen molar-refractivity contribution < 1.29 is 9.59 Å². The predicted molar refractivity (Wildman–Crippen MR) is 132 cm³/mol. The fourth-order valence-electron chi connectivity index (χ4n) is 6.12. The number of carbonyl (C=O) groups is 2. The Hall–Kier alpha value is -3.48. The van der Waals surface area contributed by atoms with Gasteiger partial charge < -0.3 is 14.8 Å². The molecule has 2 fully saturated rings. The van der Waals surface area contributed by atoms with Gasteiger partial charge in [0.05, 0.1) is 12.5 Å². The Labute approximate surface area is 205 Å². The smallest absolute Gasteiger partial charge is 0.289 e. The first-order valence-corrected chi connectivity index (χ1v) is 12.8. The van der Waals surface area contributed by atoms with Crippen LogP contribution in [0.25, 0.3) is 0 Å². The molecule has 3 heterocycles. The lowest BCUT2D eigenvalue weighted by atomic mass is 9.71. The summed E-state index contributed by atoms with van der Waals surface area (Å²) in [5.41, 5.74) is 2.11. The van der Waals surface area contributed by atoms with Crippen molar-refractivity contribution in [3.05, 3.63) is 83.4 Å². The summed E-state index contributed by atoms with van der Waals surface area (Å²) < 4.78 is 1.98. The van der Waals surface area contributed by atoms with E-state index >= 15 is 0 Å². The van der Waals surface area contributed by atoms with Gasteiger partial charge in [0.2, 0.25) is 11.7 Å². The normalized spacial score (nSPS) is 23.7. The fourth-order valence-corrected chi connectivity index (χ4v) is 6.12. The number of hydrogen-bond donors (Lipinski definition) is 1. The van der Waals surface area contributed by atoms with Crippen LogP contribution in [-0.2, 0) is 29.6 Å². The van der Waals surface area contributed by atoms with Crippen LogP contribution < -0.4 is 5.32 Å². The summed E-state index contributed by atoms with van der Waals surface area (Å²) in [5, 5.41) is 11.8. The molecule has 35 heavy (non-hydrogen) atoms. The zero-order chi connectivity index (χ0) is 23.8. The summed E-state index contributed by atoms with van der Waals surface area (Å²) in [6.45, 7) is 1.25. The lowest BCUT2D eigenvalue weighted by molar-refractivity contribution is -0.132. The molecule has 7 nitrogen and oxygen atoms in total. The topological polar surface area (TPSA) is 80.1 Å². The number of carbonyl (C=O) groups excluding carboxylic acids is 2. The summed E-state index contributed by atoms with van der Waals surface area (Å²) in [6, 6.07) is 20.7. The highest BCUT2D eigenvalue weighted by molar-refractivity contribution is 5.91. The molecule has 180 valence electrons. The Morgan fingerprint density at radius 1 is 0.971 bits per heavy atom. The third-order valence-corrected chi connectivity index (χ3v) is 8.30. The van der Waals surface area contributed by atoms with E-state index in [1.807, 2.05) is 41.0 Å². The molecule has 0 spiro atoms. The van der Waals surface area contributed by atoms with E-state index < -0.39 is 0 Å². The lowest BCUT2D eigenvalue weighted by Crippen LogP contribution is -2.48. The van der Waals surface area contributed by atoms with E-state index in [-0.39, 0.29) is 29.3 Å². The first-order valence-electron chi connectivity index (χ1n) is 12.8. The van der Waals surface area contributed by atoms with E-state index in [0.717, 1.165) is 49.9 Å². The molecule has 0 bridgehead atoms. The molecule has 6 rings (SSSR count). The van der Waals surface area contributed by atoms with Gasteiger partial charge in [-0.15, -0.1) is 10.2 Å². The third kappa shape index (κ3) is 3.93. The van der Waals surface area contributed by atoms with Gasteiger partial charge in [0, 0.05) is 31.0 Å². The van der Waals surface area contributed by atoms with Crippen molar-refractivity contribution in [3.63, 3.8) is 0 Å².